The molecule has 0 unspecified atom stereocenters. The van der Waals surface area contributed by atoms with Gasteiger partial charge < -0.3 is 15.5 Å². The molecule has 0 saturated heterocycles. The number of nitrogens with zero attached hydrogens (tertiary/aromatic N) is 1. The molecular formula is C15H10N2O7. The van der Waals surface area contributed by atoms with E-state index >= 15 is 0 Å². The molecule has 9 nitrogen and oxygen atoms in total. The predicted molar refractivity (Wildman–Crippen MR) is 81.4 cm³/mol. The number of hydrogen-bond donors (Lipinski definition) is 3. The van der Waals surface area contributed by atoms with Crippen molar-refractivity contribution in [1.29, 1.82) is 0 Å². The maximum absolute atomic E-state index is 12.2. The fourth-order valence-corrected chi connectivity index (χ4v) is 1.95. The third-order valence-electron chi connectivity index (χ3n) is 3.06. The molecule has 24 heavy (non-hydrogen) atoms. The molecule has 0 aliphatic rings. The Hall–Kier alpha value is -3.75. The topological polar surface area (TPSA) is 147 Å². The summed E-state index contributed by atoms with van der Waals surface area (Å²) < 4.78 is 0. The van der Waals surface area contributed by atoms with Gasteiger partial charge in [0.05, 0.1) is 21.6 Å². The number of non-ortho nitro benzene ring substituents is 1. The van der Waals surface area contributed by atoms with Crippen LogP contribution in [0.2, 0.25) is 0 Å². The van der Waals surface area contributed by atoms with E-state index in [9.17, 15) is 24.5 Å². The van der Waals surface area contributed by atoms with Crippen molar-refractivity contribution in [2.75, 3.05) is 5.32 Å². The lowest BCUT2D eigenvalue weighted by molar-refractivity contribution is -0.384. The molecule has 0 saturated carbocycles. The number of carbonyl (C=O) groups excluding carboxylic acids is 1. The van der Waals surface area contributed by atoms with E-state index in [1.165, 1.54) is 24.3 Å². The lowest BCUT2D eigenvalue weighted by Crippen LogP contribution is -2.17. The van der Waals surface area contributed by atoms with Crippen molar-refractivity contribution in [3.63, 3.8) is 0 Å². The Morgan fingerprint density at radius 2 is 1.67 bits per heavy atom. The summed E-state index contributed by atoms with van der Waals surface area (Å²) >= 11 is 0. The van der Waals surface area contributed by atoms with Crippen molar-refractivity contribution in [2.45, 2.75) is 0 Å². The lowest BCUT2D eigenvalue weighted by Gasteiger charge is -2.08. The summed E-state index contributed by atoms with van der Waals surface area (Å²) in [4.78, 5) is 44.3. The molecule has 0 heterocycles. The number of carboxylic acids is 2. The Morgan fingerprint density at radius 1 is 0.958 bits per heavy atom. The number of amides is 1. The van der Waals surface area contributed by atoms with Crippen molar-refractivity contribution in [1.82, 2.24) is 0 Å². The Morgan fingerprint density at radius 3 is 2.25 bits per heavy atom. The highest BCUT2D eigenvalue weighted by atomic mass is 16.6. The summed E-state index contributed by atoms with van der Waals surface area (Å²) in [6.07, 6.45) is 0. The van der Waals surface area contributed by atoms with Crippen LogP contribution in [0.5, 0.6) is 0 Å². The first-order chi connectivity index (χ1) is 11.3. The summed E-state index contributed by atoms with van der Waals surface area (Å²) in [5.41, 5.74) is -1.19. The Kier molecular flexibility index (Phi) is 4.55. The second-order valence-electron chi connectivity index (χ2n) is 4.63. The summed E-state index contributed by atoms with van der Waals surface area (Å²) in [6, 6.07) is 8.18. The van der Waals surface area contributed by atoms with Gasteiger partial charge in [-0.1, -0.05) is 6.07 Å². The fourth-order valence-electron chi connectivity index (χ4n) is 1.95. The molecule has 0 aliphatic carbocycles. The largest absolute Gasteiger partial charge is 0.478 e. The van der Waals surface area contributed by atoms with E-state index in [2.05, 4.69) is 5.32 Å². The highest BCUT2D eigenvalue weighted by Crippen LogP contribution is 2.20. The number of nitro benzene ring substituents is 1. The van der Waals surface area contributed by atoms with Crippen LogP contribution in [0.25, 0.3) is 0 Å². The van der Waals surface area contributed by atoms with Crippen molar-refractivity contribution in [3.05, 3.63) is 69.3 Å². The van der Waals surface area contributed by atoms with E-state index in [1.807, 2.05) is 0 Å². The Balaban J connectivity index is 2.36. The van der Waals surface area contributed by atoms with Crippen LogP contribution in [0.15, 0.2) is 42.5 Å². The minimum absolute atomic E-state index is 0.0602. The SMILES string of the molecule is O=C(O)c1cccc(NC(=O)c2ccc([N+](=O)[O-])cc2C(=O)O)c1. The molecule has 0 fully saturated rings. The number of carboxylic acid groups (broad SMARTS) is 2. The zero-order valence-corrected chi connectivity index (χ0v) is 11.9. The smallest absolute Gasteiger partial charge is 0.336 e. The molecule has 2 aromatic carbocycles. The van der Waals surface area contributed by atoms with Crippen LogP contribution in [0.1, 0.15) is 31.1 Å². The first-order valence-corrected chi connectivity index (χ1v) is 6.46. The van der Waals surface area contributed by atoms with Crippen LogP contribution < -0.4 is 5.32 Å². The number of anilines is 1. The van der Waals surface area contributed by atoms with Crippen LogP contribution in [0.3, 0.4) is 0 Å². The van der Waals surface area contributed by atoms with E-state index < -0.39 is 34.0 Å². The van der Waals surface area contributed by atoms with Gasteiger partial charge in [-0.15, -0.1) is 0 Å². The predicted octanol–water partition coefficient (Wildman–Crippen LogP) is 2.24. The van der Waals surface area contributed by atoms with Crippen molar-refractivity contribution >= 4 is 29.2 Å². The van der Waals surface area contributed by atoms with Gasteiger partial charge in [0.25, 0.3) is 11.6 Å². The van der Waals surface area contributed by atoms with Crippen LogP contribution >= 0.6 is 0 Å². The van der Waals surface area contributed by atoms with Gasteiger partial charge in [-0.3, -0.25) is 14.9 Å². The molecule has 0 radical (unpaired) electrons. The standard InChI is InChI=1S/C15H10N2O7/c18-13(16-9-3-1-2-8(6-9)14(19)20)11-5-4-10(17(23)24)7-12(11)15(21)22/h1-7H,(H,16,18)(H,19,20)(H,21,22). The first kappa shape index (κ1) is 16.6. The second-order valence-corrected chi connectivity index (χ2v) is 4.63. The van der Waals surface area contributed by atoms with Gasteiger partial charge in [0.2, 0.25) is 0 Å². The first-order valence-electron chi connectivity index (χ1n) is 6.46. The molecule has 9 heteroatoms. The number of rotatable bonds is 5. The zero-order valence-electron chi connectivity index (χ0n) is 11.9. The third-order valence-corrected chi connectivity index (χ3v) is 3.06. The van der Waals surface area contributed by atoms with Crippen LogP contribution in [0.4, 0.5) is 11.4 Å². The molecule has 0 spiro atoms. The van der Waals surface area contributed by atoms with Crippen LogP contribution in [-0.4, -0.2) is 33.0 Å². The fraction of sp³-hybridized carbons (Fsp3) is 0. The maximum atomic E-state index is 12.2. The van der Waals surface area contributed by atoms with Crippen molar-refractivity contribution in [3.8, 4) is 0 Å². The van der Waals surface area contributed by atoms with Gasteiger partial charge in [-0.05, 0) is 24.3 Å². The minimum Gasteiger partial charge on any atom is -0.478 e. The molecule has 0 atom stereocenters. The van der Waals surface area contributed by atoms with E-state index in [-0.39, 0.29) is 16.8 Å². The molecule has 3 N–H and O–H groups in total. The highest BCUT2D eigenvalue weighted by Gasteiger charge is 2.20. The maximum Gasteiger partial charge on any atom is 0.336 e. The summed E-state index contributed by atoms with van der Waals surface area (Å²) in [7, 11) is 0. The van der Waals surface area contributed by atoms with E-state index in [0.717, 1.165) is 18.2 Å². The van der Waals surface area contributed by atoms with Crippen molar-refractivity contribution < 1.29 is 29.5 Å². The Labute approximate surface area is 134 Å². The zero-order chi connectivity index (χ0) is 17.9. The van der Waals surface area contributed by atoms with Gasteiger partial charge in [0.15, 0.2) is 0 Å². The lowest BCUT2D eigenvalue weighted by atomic mass is 10.1. The number of carbonyl (C=O) groups is 3. The summed E-state index contributed by atoms with van der Waals surface area (Å²) in [6.45, 7) is 0. The van der Waals surface area contributed by atoms with Crippen LogP contribution in [0, 0.1) is 10.1 Å². The van der Waals surface area contributed by atoms with E-state index in [1.54, 1.807) is 0 Å². The molecule has 1 amide bonds. The quantitative estimate of drug-likeness (QED) is 0.562. The van der Waals surface area contributed by atoms with E-state index in [4.69, 9.17) is 10.2 Å². The van der Waals surface area contributed by atoms with Gasteiger partial charge >= 0.3 is 11.9 Å². The molecule has 2 rings (SSSR count). The number of hydrogen-bond acceptors (Lipinski definition) is 5. The number of benzene rings is 2. The van der Waals surface area contributed by atoms with E-state index in [0.29, 0.717) is 0 Å². The van der Waals surface area contributed by atoms with Crippen LogP contribution in [-0.2, 0) is 0 Å². The Bertz CT molecular complexity index is 861. The molecule has 0 aromatic heterocycles. The number of nitro groups is 1. The number of aromatic carboxylic acids is 2. The highest BCUT2D eigenvalue weighted by molar-refractivity contribution is 6.11. The second kappa shape index (κ2) is 6.57. The monoisotopic (exact) mass is 330 g/mol. The molecule has 0 aliphatic heterocycles. The average Bonchev–Trinajstić information content (AvgIpc) is 2.54. The summed E-state index contributed by atoms with van der Waals surface area (Å²) in [5.74, 6) is -3.51. The normalized spacial score (nSPS) is 10.0. The minimum atomic E-state index is -1.50. The van der Waals surface area contributed by atoms with Gasteiger partial charge in [-0.25, -0.2) is 9.59 Å². The van der Waals surface area contributed by atoms with Crippen molar-refractivity contribution in [2.24, 2.45) is 0 Å². The van der Waals surface area contributed by atoms with Gasteiger partial charge in [0.1, 0.15) is 0 Å². The average molecular weight is 330 g/mol. The van der Waals surface area contributed by atoms with Gasteiger partial charge in [-0.2, -0.15) is 0 Å². The molecule has 122 valence electrons. The third kappa shape index (κ3) is 3.53. The molecular weight excluding hydrogens is 320 g/mol. The molecule has 0 bridgehead atoms. The van der Waals surface area contributed by atoms with Gasteiger partial charge in [0, 0.05) is 17.8 Å². The summed E-state index contributed by atoms with van der Waals surface area (Å²) in [5, 5.41) is 31.1. The molecule has 2 aromatic rings. The number of nitrogens with one attached hydrogen (secondary N) is 1.